The van der Waals surface area contributed by atoms with E-state index >= 15 is 0 Å². The number of rotatable bonds is 14. The van der Waals surface area contributed by atoms with E-state index < -0.39 is 0 Å². The van der Waals surface area contributed by atoms with Crippen LogP contribution in [0.25, 0.3) is 0 Å². The number of carbonyl (C=O) groups excluding carboxylic acids is 1. The van der Waals surface area contributed by atoms with Crippen LogP contribution in [0.15, 0.2) is 29.3 Å². The van der Waals surface area contributed by atoms with E-state index in [0.717, 1.165) is 51.3 Å². The van der Waals surface area contributed by atoms with Crippen LogP contribution in [0.2, 0.25) is 0 Å². The zero-order chi connectivity index (χ0) is 24.2. The number of benzene rings is 1. The standard InChI is InChI=1S/C26H41N5OS/c1-6-10-12-21-14-16-22(17-15-21)31(18-7-2)19-11-13-23(32)29-24-25(30(8-3)9-4)27-20(5)28-26(24)33/h14-17H,6-13,18-19H2,1-5H3,(H,29,32)(H,27,28,33). The van der Waals surface area contributed by atoms with E-state index in [1.807, 2.05) is 6.92 Å². The van der Waals surface area contributed by atoms with Crippen molar-refractivity contribution in [1.29, 1.82) is 0 Å². The molecule has 0 fully saturated rings. The van der Waals surface area contributed by atoms with E-state index in [-0.39, 0.29) is 5.91 Å². The number of aromatic nitrogens is 2. The topological polar surface area (TPSA) is 61.4 Å². The molecule has 182 valence electrons. The normalized spacial score (nSPS) is 10.8. The van der Waals surface area contributed by atoms with Crippen LogP contribution >= 0.6 is 12.6 Å². The largest absolute Gasteiger partial charge is 0.372 e. The maximum absolute atomic E-state index is 12.8. The number of hydrogen-bond donors (Lipinski definition) is 2. The van der Waals surface area contributed by atoms with Gasteiger partial charge in [-0.05, 0) is 64.2 Å². The van der Waals surface area contributed by atoms with Crippen molar-refractivity contribution in [2.24, 2.45) is 0 Å². The highest BCUT2D eigenvalue weighted by Gasteiger charge is 2.18. The van der Waals surface area contributed by atoms with Crippen LogP contribution in [0.4, 0.5) is 17.2 Å². The lowest BCUT2D eigenvalue weighted by Gasteiger charge is -2.25. The van der Waals surface area contributed by atoms with Crippen molar-refractivity contribution < 1.29 is 4.79 Å². The lowest BCUT2D eigenvalue weighted by atomic mass is 10.1. The van der Waals surface area contributed by atoms with Gasteiger partial charge in [-0.15, -0.1) is 12.6 Å². The fourth-order valence-electron chi connectivity index (χ4n) is 3.93. The fraction of sp³-hybridized carbons (Fsp3) is 0.577. The minimum Gasteiger partial charge on any atom is -0.372 e. The molecule has 1 N–H and O–H groups in total. The summed E-state index contributed by atoms with van der Waals surface area (Å²) in [6.45, 7) is 13.8. The van der Waals surface area contributed by atoms with Gasteiger partial charge in [-0.3, -0.25) is 4.79 Å². The van der Waals surface area contributed by atoms with Crippen LogP contribution in [0.5, 0.6) is 0 Å². The van der Waals surface area contributed by atoms with Crippen LogP contribution in [-0.2, 0) is 11.2 Å². The minimum absolute atomic E-state index is 0.0301. The van der Waals surface area contributed by atoms with E-state index in [1.54, 1.807) is 0 Å². The van der Waals surface area contributed by atoms with Crippen molar-refractivity contribution >= 4 is 35.7 Å². The van der Waals surface area contributed by atoms with E-state index in [9.17, 15) is 4.79 Å². The first-order chi connectivity index (χ1) is 15.9. The molecule has 0 saturated carbocycles. The number of nitrogens with one attached hydrogen (secondary N) is 1. The van der Waals surface area contributed by atoms with Crippen molar-refractivity contribution in [3.05, 3.63) is 35.7 Å². The Morgan fingerprint density at radius 1 is 0.939 bits per heavy atom. The molecule has 1 heterocycles. The molecule has 0 aliphatic carbocycles. The van der Waals surface area contributed by atoms with Gasteiger partial charge in [0.2, 0.25) is 5.91 Å². The predicted octanol–water partition coefficient (Wildman–Crippen LogP) is 5.90. The van der Waals surface area contributed by atoms with Crippen molar-refractivity contribution in [3.63, 3.8) is 0 Å². The van der Waals surface area contributed by atoms with Crippen LogP contribution in [-0.4, -0.2) is 42.1 Å². The Morgan fingerprint density at radius 3 is 2.24 bits per heavy atom. The number of nitrogens with zero attached hydrogens (tertiary/aromatic N) is 4. The fourth-order valence-corrected chi connectivity index (χ4v) is 4.23. The van der Waals surface area contributed by atoms with E-state index in [1.165, 1.54) is 24.1 Å². The molecular weight excluding hydrogens is 430 g/mol. The number of aryl methyl sites for hydroxylation is 2. The highest BCUT2D eigenvalue weighted by molar-refractivity contribution is 7.80. The van der Waals surface area contributed by atoms with Gasteiger partial charge in [-0.2, -0.15) is 0 Å². The molecule has 0 bridgehead atoms. The predicted molar refractivity (Wildman–Crippen MR) is 143 cm³/mol. The van der Waals surface area contributed by atoms with E-state index in [2.05, 4.69) is 89.7 Å². The first kappa shape index (κ1) is 27.0. The molecule has 1 aromatic carbocycles. The monoisotopic (exact) mass is 471 g/mol. The van der Waals surface area contributed by atoms with Gasteiger partial charge in [0.05, 0.1) is 0 Å². The third-order valence-electron chi connectivity index (χ3n) is 5.76. The van der Waals surface area contributed by atoms with Crippen molar-refractivity contribution in [1.82, 2.24) is 9.97 Å². The Kier molecular flexibility index (Phi) is 11.5. The summed E-state index contributed by atoms with van der Waals surface area (Å²) in [4.78, 5) is 26.2. The van der Waals surface area contributed by atoms with Gasteiger partial charge in [0.1, 0.15) is 16.5 Å². The Balaban J connectivity index is 1.99. The first-order valence-electron chi connectivity index (χ1n) is 12.4. The summed E-state index contributed by atoms with van der Waals surface area (Å²) in [7, 11) is 0. The summed E-state index contributed by atoms with van der Waals surface area (Å²) in [6, 6.07) is 8.91. The van der Waals surface area contributed by atoms with Crippen molar-refractivity contribution in [3.8, 4) is 0 Å². The van der Waals surface area contributed by atoms with Gasteiger partial charge < -0.3 is 15.1 Å². The zero-order valence-electron chi connectivity index (χ0n) is 21.0. The number of carbonyl (C=O) groups is 1. The molecule has 0 radical (unpaired) electrons. The average molecular weight is 472 g/mol. The second-order valence-electron chi connectivity index (χ2n) is 8.37. The molecule has 0 atom stereocenters. The Labute approximate surface area is 205 Å². The molecule has 2 rings (SSSR count). The van der Waals surface area contributed by atoms with Crippen LogP contribution < -0.4 is 15.1 Å². The summed E-state index contributed by atoms with van der Waals surface area (Å²) < 4.78 is 0. The quantitative estimate of drug-likeness (QED) is 0.265. The van der Waals surface area contributed by atoms with E-state index in [4.69, 9.17) is 0 Å². The summed E-state index contributed by atoms with van der Waals surface area (Å²) >= 11 is 4.51. The van der Waals surface area contributed by atoms with Gasteiger partial charge >= 0.3 is 0 Å². The molecule has 6 nitrogen and oxygen atoms in total. The second-order valence-corrected chi connectivity index (χ2v) is 8.80. The first-order valence-corrected chi connectivity index (χ1v) is 12.8. The number of thiol groups is 1. The summed E-state index contributed by atoms with van der Waals surface area (Å²) in [5.74, 6) is 1.36. The number of amides is 1. The highest BCUT2D eigenvalue weighted by atomic mass is 32.1. The van der Waals surface area contributed by atoms with Gasteiger partial charge in [-0.1, -0.05) is 32.4 Å². The molecule has 0 aliphatic rings. The molecule has 2 aromatic rings. The second kappa shape index (κ2) is 14.1. The van der Waals surface area contributed by atoms with E-state index in [0.29, 0.717) is 23.0 Å². The maximum Gasteiger partial charge on any atom is 0.224 e. The number of hydrogen-bond acceptors (Lipinski definition) is 6. The third-order valence-corrected chi connectivity index (χ3v) is 6.08. The van der Waals surface area contributed by atoms with Crippen molar-refractivity contribution in [2.75, 3.05) is 41.3 Å². The maximum atomic E-state index is 12.8. The number of unbranched alkanes of at least 4 members (excludes halogenated alkanes) is 1. The summed E-state index contributed by atoms with van der Waals surface area (Å²) in [5, 5.41) is 3.54. The van der Waals surface area contributed by atoms with Crippen LogP contribution in [0, 0.1) is 6.92 Å². The smallest absolute Gasteiger partial charge is 0.224 e. The number of anilines is 3. The lowest BCUT2D eigenvalue weighted by molar-refractivity contribution is -0.116. The average Bonchev–Trinajstić information content (AvgIpc) is 2.80. The van der Waals surface area contributed by atoms with Crippen LogP contribution in [0.1, 0.15) is 71.2 Å². The molecule has 0 saturated heterocycles. The SMILES string of the molecule is CCCCc1ccc(N(CCC)CCCC(=O)Nc2c(S)nc(C)nc2N(CC)CC)cc1. The van der Waals surface area contributed by atoms with Gasteiger partial charge in [0, 0.05) is 38.3 Å². The summed E-state index contributed by atoms with van der Waals surface area (Å²) in [5.41, 5.74) is 3.22. The van der Waals surface area contributed by atoms with Gasteiger partial charge in [-0.25, -0.2) is 9.97 Å². The van der Waals surface area contributed by atoms with Gasteiger partial charge in [0.15, 0.2) is 5.82 Å². The Morgan fingerprint density at radius 2 is 1.64 bits per heavy atom. The Hall–Kier alpha value is -2.28. The molecular formula is C26H41N5OS. The molecule has 1 aromatic heterocycles. The minimum atomic E-state index is -0.0301. The highest BCUT2D eigenvalue weighted by Crippen LogP contribution is 2.29. The Bertz CT molecular complexity index is 868. The molecule has 1 amide bonds. The van der Waals surface area contributed by atoms with Crippen molar-refractivity contribution in [2.45, 2.75) is 78.2 Å². The van der Waals surface area contributed by atoms with Gasteiger partial charge in [0.25, 0.3) is 0 Å². The lowest BCUT2D eigenvalue weighted by Crippen LogP contribution is -2.27. The van der Waals surface area contributed by atoms with Crippen LogP contribution in [0.3, 0.4) is 0 Å². The summed E-state index contributed by atoms with van der Waals surface area (Å²) in [6.07, 6.45) is 5.86. The molecule has 0 aliphatic heterocycles. The molecule has 0 spiro atoms. The zero-order valence-corrected chi connectivity index (χ0v) is 21.9. The molecule has 0 unspecified atom stereocenters. The molecule has 33 heavy (non-hydrogen) atoms. The third kappa shape index (κ3) is 8.22. The molecule has 7 heteroatoms.